The van der Waals surface area contributed by atoms with Crippen molar-refractivity contribution in [1.82, 2.24) is 5.32 Å². The van der Waals surface area contributed by atoms with E-state index in [2.05, 4.69) is 5.32 Å². The number of carboxylic acid groups (broad SMARTS) is 2. The molecule has 0 fully saturated rings. The average molecular weight is 211 g/mol. The normalized spacial score (nSPS) is 11.9. The van der Waals surface area contributed by atoms with Crippen LogP contribution in [0.4, 0.5) is 0 Å². The van der Waals surface area contributed by atoms with Crippen molar-refractivity contribution in [3.05, 3.63) is 0 Å². The van der Waals surface area contributed by atoms with Gasteiger partial charge >= 0.3 is 35.5 Å². The van der Waals surface area contributed by atoms with Gasteiger partial charge in [0.25, 0.3) is 0 Å². The number of carbonyl (C=O) groups is 2. The molecule has 0 aromatic heterocycles. The second-order valence-electron chi connectivity index (χ2n) is 3.13. The van der Waals surface area contributed by atoms with E-state index in [9.17, 15) is 14.7 Å². The molecule has 0 saturated heterocycles. The number of hydrogen-bond donors (Lipinski definition) is 2. The van der Waals surface area contributed by atoms with Crippen LogP contribution in [0.25, 0.3) is 0 Å². The molecule has 76 valence electrons. The molecule has 6 heteroatoms. The van der Waals surface area contributed by atoms with E-state index in [4.69, 9.17) is 5.11 Å². The van der Waals surface area contributed by atoms with Crippen LogP contribution in [0.1, 0.15) is 26.7 Å². The average Bonchev–Trinajstić information content (AvgIpc) is 1.96. The van der Waals surface area contributed by atoms with Crippen molar-refractivity contribution < 1.29 is 49.4 Å². The molecule has 0 amide bonds. The molecule has 0 spiro atoms. The number of rotatable bonds is 6. The van der Waals surface area contributed by atoms with Gasteiger partial charge < -0.3 is 20.3 Å². The SMILES string of the molecule is CC(C)N[C@@H](CCC(=O)O)C(=O)[O-].[Na+]. The van der Waals surface area contributed by atoms with E-state index in [1.165, 1.54) is 0 Å². The fraction of sp³-hybridized carbons (Fsp3) is 0.750. The fourth-order valence-corrected chi connectivity index (χ4v) is 0.939. The van der Waals surface area contributed by atoms with Gasteiger partial charge in [-0.1, -0.05) is 13.8 Å². The second kappa shape index (κ2) is 8.23. The van der Waals surface area contributed by atoms with Crippen molar-refractivity contribution in [3.63, 3.8) is 0 Å². The molecular weight excluding hydrogens is 197 g/mol. The molecule has 0 heterocycles. The molecule has 0 saturated carbocycles. The van der Waals surface area contributed by atoms with Gasteiger partial charge in [0.05, 0.1) is 5.97 Å². The smallest absolute Gasteiger partial charge is 0.548 e. The summed E-state index contributed by atoms with van der Waals surface area (Å²) in [6, 6.07) is -0.882. The van der Waals surface area contributed by atoms with Gasteiger partial charge in [0.2, 0.25) is 0 Å². The Hall–Kier alpha value is -0.100. The van der Waals surface area contributed by atoms with Gasteiger partial charge in [0.1, 0.15) is 0 Å². The van der Waals surface area contributed by atoms with Crippen LogP contribution < -0.4 is 40.0 Å². The molecule has 0 aromatic rings. The molecule has 2 N–H and O–H groups in total. The topological polar surface area (TPSA) is 89.5 Å². The Morgan fingerprint density at radius 2 is 1.93 bits per heavy atom. The summed E-state index contributed by atoms with van der Waals surface area (Å²) in [4.78, 5) is 20.7. The Labute approximate surface area is 105 Å². The first-order chi connectivity index (χ1) is 5.93. The summed E-state index contributed by atoms with van der Waals surface area (Å²) in [5, 5.41) is 21.5. The Morgan fingerprint density at radius 1 is 1.43 bits per heavy atom. The molecule has 14 heavy (non-hydrogen) atoms. The van der Waals surface area contributed by atoms with Crippen molar-refractivity contribution in [2.45, 2.75) is 38.8 Å². The summed E-state index contributed by atoms with van der Waals surface area (Å²) in [6.07, 6.45) is -0.117. The molecule has 0 aromatic carbocycles. The van der Waals surface area contributed by atoms with E-state index in [0.717, 1.165) is 0 Å². The van der Waals surface area contributed by atoms with E-state index < -0.39 is 18.0 Å². The molecule has 0 aliphatic rings. The molecule has 0 aliphatic heterocycles. The van der Waals surface area contributed by atoms with Gasteiger partial charge in [-0.05, 0) is 6.42 Å². The standard InChI is InChI=1S/C8H15NO4.Na/c1-5(2)9-6(8(12)13)3-4-7(10)11;/h5-6,9H,3-4H2,1-2H3,(H,10,11)(H,12,13);/q;+1/p-1/t6-;/m0./s1. The first-order valence-corrected chi connectivity index (χ1v) is 4.12. The first kappa shape index (κ1) is 16.3. The molecule has 0 aliphatic carbocycles. The van der Waals surface area contributed by atoms with Crippen LogP contribution in [0.15, 0.2) is 0 Å². The van der Waals surface area contributed by atoms with E-state index in [1.54, 1.807) is 13.8 Å². The molecular formula is C8H14NNaO4. The first-order valence-electron chi connectivity index (χ1n) is 4.12. The van der Waals surface area contributed by atoms with Gasteiger partial charge in [0, 0.05) is 18.5 Å². The van der Waals surface area contributed by atoms with Crippen LogP contribution >= 0.6 is 0 Å². The van der Waals surface area contributed by atoms with E-state index in [0.29, 0.717) is 0 Å². The molecule has 1 atom stereocenters. The Kier molecular flexibility index (Phi) is 9.60. The number of carbonyl (C=O) groups excluding carboxylic acids is 1. The Balaban J connectivity index is 0. The van der Waals surface area contributed by atoms with Crippen LogP contribution in [-0.2, 0) is 9.59 Å². The predicted molar refractivity (Wildman–Crippen MR) is 43.9 cm³/mol. The predicted octanol–water partition coefficient (Wildman–Crippen LogP) is -4.03. The third-order valence-corrected chi connectivity index (χ3v) is 1.47. The molecule has 0 unspecified atom stereocenters. The summed E-state index contributed by atoms with van der Waals surface area (Å²) in [5.41, 5.74) is 0. The maximum Gasteiger partial charge on any atom is 1.00 e. The summed E-state index contributed by atoms with van der Waals surface area (Å²) < 4.78 is 0. The fourth-order valence-electron chi connectivity index (χ4n) is 0.939. The largest absolute Gasteiger partial charge is 1.00 e. The number of nitrogens with one attached hydrogen (secondary N) is 1. The van der Waals surface area contributed by atoms with Crippen LogP contribution in [-0.4, -0.2) is 29.1 Å². The van der Waals surface area contributed by atoms with Crippen molar-refractivity contribution in [1.29, 1.82) is 0 Å². The zero-order valence-corrected chi connectivity index (χ0v) is 10.7. The summed E-state index contributed by atoms with van der Waals surface area (Å²) in [7, 11) is 0. The van der Waals surface area contributed by atoms with Gasteiger partial charge in [0.15, 0.2) is 0 Å². The minimum atomic E-state index is -1.25. The zero-order chi connectivity index (χ0) is 10.4. The van der Waals surface area contributed by atoms with Crippen molar-refractivity contribution in [3.8, 4) is 0 Å². The minimum absolute atomic E-state index is 0. The number of carboxylic acids is 2. The van der Waals surface area contributed by atoms with E-state index in [-0.39, 0.29) is 48.4 Å². The minimum Gasteiger partial charge on any atom is -0.548 e. The molecule has 0 rings (SSSR count). The molecule has 0 radical (unpaired) electrons. The summed E-state index contributed by atoms with van der Waals surface area (Å²) in [6.45, 7) is 3.58. The molecule has 0 bridgehead atoms. The van der Waals surface area contributed by atoms with Gasteiger partial charge in [-0.3, -0.25) is 4.79 Å². The quantitative estimate of drug-likeness (QED) is 0.437. The summed E-state index contributed by atoms with van der Waals surface area (Å²) in [5.74, 6) is -2.26. The van der Waals surface area contributed by atoms with Gasteiger partial charge in [-0.15, -0.1) is 0 Å². The third kappa shape index (κ3) is 8.50. The number of hydrogen-bond acceptors (Lipinski definition) is 4. The van der Waals surface area contributed by atoms with Crippen molar-refractivity contribution in [2.75, 3.05) is 0 Å². The Morgan fingerprint density at radius 3 is 2.21 bits per heavy atom. The van der Waals surface area contributed by atoms with Gasteiger partial charge in [-0.25, -0.2) is 0 Å². The van der Waals surface area contributed by atoms with E-state index >= 15 is 0 Å². The van der Waals surface area contributed by atoms with E-state index in [1.807, 2.05) is 0 Å². The monoisotopic (exact) mass is 211 g/mol. The zero-order valence-electron chi connectivity index (χ0n) is 8.74. The van der Waals surface area contributed by atoms with Gasteiger partial charge in [-0.2, -0.15) is 0 Å². The van der Waals surface area contributed by atoms with Crippen LogP contribution in [0.2, 0.25) is 0 Å². The van der Waals surface area contributed by atoms with Crippen molar-refractivity contribution >= 4 is 11.9 Å². The maximum absolute atomic E-state index is 10.5. The number of aliphatic carboxylic acids is 2. The van der Waals surface area contributed by atoms with Crippen molar-refractivity contribution in [2.24, 2.45) is 0 Å². The summed E-state index contributed by atoms with van der Waals surface area (Å²) >= 11 is 0. The maximum atomic E-state index is 10.5. The second-order valence-corrected chi connectivity index (χ2v) is 3.13. The molecule has 5 nitrogen and oxygen atoms in total. The van der Waals surface area contributed by atoms with Crippen LogP contribution in [0.5, 0.6) is 0 Å². The third-order valence-electron chi connectivity index (χ3n) is 1.47. The van der Waals surface area contributed by atoms with Crippen LogP contribution in [0, 0.1) is 0 Å². The Bertz CT molecular complexity index is 196. The van der Waals surface area contributed by atoms with Crippen LogP contribution in [0.3, 0.4) is 0 Å².